The van der Waals surface area contributed by atoms with Crippen molar-refractivity contribution in [1.82, 2.24) is 9.88 Å². The van der Waals surface area contributed by atoms with E-state index in [1.54, 1.807) is 11.3 Å². The van der Waals surface area contributed by atoms with E-state index >= 15 is 0 Å². The van der Waals surface area contributed by atoms with E-state index in [9.17, 15) is 9.59 Å². The number of anilines is 1. The highest BCUT2D eigenvalue weighted by molar-refractivity contribution is 7.15. The summed E-state index contributed by atoms with van der Waals surface area (Å²) in [6, 6.07) is 8.17. The summed E-state index contributed by atoms with van der Waals surface area (Å²) in [6.07, 6.45) is 9.15. The van der Waals surface area contributed by atoms with Gasteiger partial charge in [0.1, 0.15) is 0 Å². The van der Waals surface area contributed by atoms with Crippen LogP contribution in [0.5, 0.6) is 0 Å². The van der Waals surface area contributed by atoms with Crippen molar-refractivity contribution in [2.45, 2.75) is 64.8 Å². The molecule has 0 aliphatic heterocycles. The maximum absolute atomic E-state index is 12.6. The quantitative estimate of drug-likeness (QED) is 0.554. The summed E-state index contributed by atoms with van der Waals surface area (Å²) in [5.74, 6) is -0.198. The van der Waals surface area contributed by atoms with Crippen molar-refractivity contribution >= 4 is 29.0 Å². The first kappa shape index (κ1) is 23.3. The van der Waals surface area contributed by atoms with Gasteiger partial charge in [0.05, 0.1) is 22.4 Å². The second kappa shape index (κ2) is 10.3. The molecule has 2 aromatic rings. The van der Waals surface area contributed by atoms with Gasteiger partial charge in [-0.1, -0.05) is 31.4 Å². The molecule has 1 N–H and O–H groups in total. The zero-order chi connectivity index (χ0) is 22.4. The number of aromatic nitrogens is 1. The van der Waals surface area contributed by atoms with Gasteiger partial charge in [0.15, 0.2) is 0 Å². The van der Waals surface area contributed by atoms with E-state index in [0.29, 0.717) is 12.5 Å². The van der Waals surface area contributed by atoms with Crippen LogP contribution in [-0.4, -0.2) is 42.1 Å². The number of nitrogens with zero attached hydrogens (tertiary/aromatic N) is 2. The number of hydrogen-bond acceptors (Lipinski definition) is 5. The molecule has 1 aliphatic carbocycles. The number of carbonyl (C=O) groups excluding carboxylic acids is 2. The van der Waals surface area contributed by atoms with E-state index in [0.717, 1.165) is 40.4 Å². The minimum Gasteiger partial charge on any atom is -0.469 e. The van der Waals surface area contributed by atoms with Crippen molar-refractivity contribution in [3.63, 3.8) is 0 Å². The number of urea groups is 1. The van der Waals surface area contributed by atoms with Crippen molar-refractivity contribution in [2.75, 3.05) is 19.5 Å². The van der Waals surface area contributed by atoms with E-state index < -0.39 is 5.41 Å². The van der Waals surface area contributed by atoms with E-state index in [4.69, 9.17) is 4.74 Å². The molecule has 0 radical (unpaired) electrons. The van der Waals surface area contributed by atoms with Gasteiger partial charge in [-0.15, -0.1) is 11.3 Å². The molecule has 1 aliphatic rings. The molecule has 3 rings (SSSR count). The summed E-state index contributed by atoms with van der Waals surface area (Å²) in [5.41, 5.74) is 1.33. The highest BCUT2D eigenvalue weighted by Crippen LogP contribution is 2.31. The van der Waals surface area contributed by atoms with Gasteiger partial charge < -0.3 is 15.0 Å². The smallest absolute Gasteiger partial charge is 0.321 e. The molecule has 0 bridgehead atoms. The molecule has 168 valence electrons. The molecule has 0 spiro atoms. The van der Waals surface area contributed by atoms with E-state index in [1.807, 2.05) is 56.3 Å². The molecule has 2 amide bonds. The molecular weight excluding hydrogens is 410 g/mol. The Bertz CT molecular complexity index is 886. The molecule has 1 heterocycles. The van der Waals surface area contributed by atoms with Crippen LogP contribution in [0.1, 0.15) is 57.4 Å². The first-order valence-electron chi connectivity index (χ1n) is 11.0. The average molecular weight is 444 g/mol. The monoisotopic (exact) mass is 443 g/mol. The van der Waals surface area contributed by atoms with Crippen LogP contribution in [0.15, 0.2) is 30.5 Å². The fourth-order valence-electron chi connectivity index (χ4n) is 3.92. The summed E-state index contributed by atoms with van der Waals surface area (Å²) in [7, 11) is 3.31. The Labute approximate surface area is 189 Å². The normalized spacial score (nSPS) is 14.8. The number of esters is 1. The number of thiazole rings is 1. The van der Waals surface area contributed by atoms with Crippen molar-refractivity contribution < 1.29 is 14.3 Å². The summed E-state index contributed by atoms with van der Waals surface area (Å²) in [5, 5.41) is 4.01. The molecule has 31 heavy (non-hydrogen) atoms. The van der Waals surface area contributed by atoms with Crippen LogP contribution >= 0.6 is 11.3 Å². The molecule has 1 aromatic carbocycles. The highest BCUT2D eigenvalue weighted by atomic mass is 32.1. The first-order valence-corrected chi connectivity index (χ1v) is 11.8. The van der Waals surface area contributed by atoms with Crippen molar-refractivity contribution in [3.05, 3.63) is 35.5 Å². The summed E-state index contributed by atoms with van der Waals surface area (Å²) < 4.78 is 4.88. The zero-order valence-corrected chi connectivity index (χ0v) is 19.8. The average Bonchev–Trinajstić information content (AvgIpc) is 3.27. The maximum atomic E-state index is 12.6. The van der Waals surface area contributed by atoms with Gasteiger partial charge >= 0.3 is 12.0 Å². The lowest BCUT2D eigenvalue weighted by Gasteiger charge is -2.31. The predicted octanol–water partition coefficient (Wildman–Crippen LogP) is 5.74. The minimum atomic E-state index is -0.523. The number of nitrogens with one attached hydrogen (secondary N) is 1. The number of amides is 2. The lowest BCUT2D eigenvalue weighted by atomic mass is 9.88. The van der Waals surface area contributed by atoms with Crippen LogP contribution in [0.25, 0.3) is 10.4 Å². The first-order chi connectivity index (χ1) is 14.8. The molecule has 1 saturated carbocycles. The van der Waals surface area contributed by atoms with Crippen LogP contribution in [0.2, 0.25) is 0 Å². The highest BCUT2D eigenvalue weighted by Gasteiger charge is 2.28. The van der Waals surface area contributed by atoms with Gasteiger partial charge in [-0.3, -0.25) is 4.79 Å². The molecule has 0 atom stereocenters. The second-order valence-corrected chi connectivity index (χ2v) is 10.0. The Morgan fingerprint density at radius 3 is 2.52 bits per heavy atom. The number of aryl methyl sites for hydroxylation is 1. The summed E-state index contributed by atoms with van der Waals surface area (Å²) in [6.45, 7) is 3.79. The predicted molar refractivity (Wildman–Crippen MR) is 125 cm³/mol. The molecule has 7 heteroatoms. The van der Waals surface area contributed by atoms with Gasteiger partial charge in [-0.25, -0.2) is 9.78 Å². The van der Waals surface area contributed by atoms with E-state index in [-0.39, 0.29) is 12.0 Å². The molecule has 1 aromatic heterocycles. The molecule has 6 nitrogen and oxygen atoms in total. The Hall–Kier alpha value is -2.41. The second-order valence-electron chi connectivity index (χ2n) is 8.90. The van der Waals surface area contributed by atoms with Gasteiger partial charge in [0, 0.05) is 31.4 Å². The number of benzene rings is 1. The molecular formula is C24H33N3O3S. The van der Waals surface area contributed by atoms with E-state index in [1.165, 1.54) is 26.4 Å². The van der Waals surface area contributed by atoms with Crippen molar-refractivity contribution in [1.29, 1.82) is 0 Å². The third kappa shape index (κ3) is 6.06. The number of hydrogen-bond donors (Lipinski definition) is 1. The van der Waals surface area contributed by atoms with Crippen LogP contribution in [0, 0.1) is 5.41 Å². The van der Waals surface area contributed by atoms with Crippen LogP contribution < -0.4 is 5.32 Å². The minimum absolute atomic E-state index is 0.0482. The number of carbonyl (C=O) groups is 2. The van der Waals surface area contributed by atoms with Crippen LogP contribution in [-0.2, 0) is 16.0 Å². The maximum Gasteiger partial charge on any atom is 0.321 e. The molecule has 0 unspecified atom stereocenters. The van der Waals surface area contributed by atoms with Crippen LogP contribution in [0.4, 0.5) is 10.5 Å². The van der Waals surface area contributed by atoms with Gasteiger partial charge in [-0.05, 0) is 50.8 Å². The Kier molecular flexibility index (Phi) is 7.70. The van der Waals surface area contributed by atoms with Crippen molar-refractivity contribution in [3.8, 4) is 10.4 Å². The number of rotatable bonds is 7. The fourth-order valence-corrected chi connectivity index (χ4v) is 4.84. The standard InChI is InChI=1S/C24H33N3O3S/c1-24(2,22(28)30-4)15-14-21-25-16-20(31-21)17-10-12-18(13-11-17)26-23(29)27(3)19-8-6-5-7-9-19/h10-13,16,19H,5-9,14-15H2,1-4H3,(H,26,29). The Morgan fingerprint density at radius 1 is 1.19 bits per heavy atom. The third-order valence-corrected chi connectivity index (χ3v) is 7.23. The van der Waals surface area contributed by atoms with Gasteiger partial charge in [0.25, 0.3) is 0 Å². The van der Waals surface area contributed by atoms with Crippen LogP contribution in [0.3, 0.4) is 0 Å². The lowest BCUT2D eigenvalue weighted by molar-refractivity contribution is -0.151. The Morgan fingerprint density at radius 2 is 1.87 bits per heavy atom. The number of ether oxygens (including phenoxy) is 1. The SMILES string of the molecule is COC(=O)C(C)(C)CCc1ncc(-c2ccc(NC(=O)N(C)C3CCCCC3)cc2)s1. The van der Waals surface area contributed by atoms with E-state index in [2.05, 4.69) is 10.3 Å². The topological polar surface area (TPSA) is 71.5 Å². The van der Waals surface area contributed by atoms with Crippen molar-refractivity contribution in [2.24, 2.45) is 5.41 Å². The lowest BCUT2D eigenvalue weighted by Crippen LogP contribution is -2.40. The summed E-state index contributed by atoms with van der Waals surface area (Å²) >= 11 is 1.63. The zero-order valence-electron chi connectivity index (χ0n) is 18.9. The van der Waals surface area contributed by atoms with Gasteiger partial charge in [-0.2, -0.15) is 0 Å². The summed E-state index contributed by atoms with van der Waals surface area (Å²) in [4.78, 5) is 31.9. The largest absolute Gasteiger partial charge is 0.469 e. The molecule has 1 fully saturated rings. The Balaban J connectivity index is 1.56. The third-order valence-electron chi connectivity index (χ3n) is 6.12. The fraction of sp³-hybridized carbons (Fsp3) is 0.542. The molecule has 0 saturated heterocycles. The number of methoxy groups -OCH3 is 1. The van der Waals surface area contributed by atoms with Gasteiger partial charge in [0.2, 0.25) is 0 Å².